The largest absolute Gasteiger partial charge is 0.855 e. The van der Waals surface area contributed by atoms with E-state index in [2.05, 4.69) is 4.40 Å². The van der Waals surface area contributed by atoms with Crippen LogP contribution in [0.4, 0.5) is 10.1 Å². The molecule has 5 rings (SSSR count). The van der Waals surface area contributed by atoms with Crippen molar-refractivity contribution in [3.05, 3.63) is 84.4 Å². The maximum Gasteiger partial charge on any atom is 0.282 e. The van der Waals surface area contributed by atoms with Gasteiger partial charge in [0.05, 0.1) is 10.3 Å². The summed E-state index contributed by atoms with van der Waals surface area (Å²) in [7, 11) is -4.34. The van der Waals surface area contributed by atoms with Gasteiger partial charge in [-0.3, -0.25) is 0 Å². The molecule has 0 N–H and O–H groups in total. The van der Waals surface area contributed by atoms with Crippen molar-refractivity contribution in [3.63, 3.8) is 0 Å². The molecular formula is C24H18FN2O4S-. The summed E-state index contributed by atoms with van der Waals surface area (Å²) in [6.07, 6.45) is 1.03. The molecule has 0 radical (unpaired) electrons. The lowest BCUT2D eigenvalue weighted by Crippen LogP contribution is -2.36. The third kappa shape index (κ3) is 3.62. The van der Waals surface area contributed by atoms with Gasteiger partial charge in [0.2, 0.25) is 0 Å². The smallest absolute Gasteiger partial charge is 0.282 e. The molecule has 2 heterocycles. The predicted molar refractivity (Wildman–Crippen MR) is 119 cm³/mol. The fraction of sp³-hybridized carbons (Fsp3) is 0.125. The quantitative estimate of drug-likeness (QED) is 0.340. The number of halogens is 1. The number of fused-ring (bicyclic) bond motifs is 1. The van der Waals surface area contributed by atoms with E-state index in [0.717, 1.165) is 19.5 Å². The first kappa shape index (κ1) is 20.3. The molecular weight excluding hydrogens is 431 g/mol. The summed E-state index contributed by atoms with van der Waals surface area (Å²) in [5.41, 5.74) is 1.95. The van der Waals surface area contributed by atoms with Gasteiger partial charge in [0.1, 0.15) is 17.2 Å². The molecule has 0 saturated carbocycles. The first-order chi connectivity index (χ1) is 15.4. The standard InChI is InChI=1S/C24H19FN2O4S/c25-20-13-17(27-11-6-12-27)14-21-19(20)15-22(31-21)24(28)26-32(29,30)23-10-5-4-9-18(23)16-7-2-1-3-8-16/h1-5,7-10,13-15H,6,11-12H2,(H,26,28)/p-1. The Balaban J connectivity index is 1.54. The lowest BCUT2D eigenvalue weighted by Gasteiger charge is -2.33. The molecule has 1 aliphatic heterocycles. The number of sulfonamides is 1. The van der Waals surface area contributed by atoms with E-state index in [1.807, 2.05) is 11.0 Å². The Hall–Kier alpha value is -3.65. The van der Waals surface area contributed by atoms with Crippen molar-refractivity contribution in [2.24, 2.45) is 4.40 Å². The maximum atomic E-state index is 14.5. The lowest BCUT2D eigenvalue weighted by molar-refractivity contribution is -0.214. The van der Waals surface area contributed by atoms with Gasteiger partial charge >= 0.3 is 0 Å². The van der Waals surface area contributed by atoms with Crippen LogP contribution in [0.1, 0.15) is 12.2 Å². The average Bonchev–Trinajstić information content (AvgIpc) is 3.18. The zero-order valence-corrected chi connectivity index (χ0v) is 17.7. The van der Waals surface area contributed by atoms with Crippen LogP contribution < -0.4 is 10.0 Å². The number of rotatable bonds is 5. The highest BCUT2D eigenvalue weighted by Crippen LogP contribution is 2.31. The summed E-state index contributed by atoms with van der Waals surface area (Å²) in [5.74, 6) is -1.96. The van der Waals surface area contributed by atoms with Crippen molar-refractivity contribution >= 4 is 32.6 Å². The molecule has 162 valence electrons. The van der Waals surface area contributed by atoms with Crippen LogP contribution in [0.15, 0.2) is 86.5 Å². The summed E-state index contributed by atoms with van der Waals surface area (Å²) in [6, 6.07) is 19.5. The van der Waals surface area contributed by atoms with Crippen molar-refractivity contribution in [3.8, 4) is 11.1 Å². The number of hydrogen-bond donors (Lipinski definition) is 0. The molecule has 1 fully saturated rings. The van der Waals surface area contributed by atoms with Crippen molar-refractivity contribution in [1.82, 2.24) is 0 Å². The van der Waals surface area contributed by atoms with Crippen LogP contribution in [0.3, 0.4) is 0 Å². The monoisotopic (exact) mass is 449 g/mol. The molecule has 0 bridgehead atoms. The number of nitrogens with zero attached hydrogens (tertiary/aromatic N) is 2. The molecule has 6 nitrogen and oxygen atoms in total. The van der Waals surface area contributed by atoms with Crippen LogP contribution in [-0.2, 0) is 10.0 Å². The summed E-state index contributed by atoms with van der Waals surface area (Å²) in [4.78, 5) is 1.89. The zero-order chi connectivity index (χ0) is 22.3. The molecule has 0 amide bonds. The Morgan fingerprint density at radius 3 is 2.44 bits per heavy atom. The van der Waals surface area contributed by atoms with Crippen molar-refractivity contribution < 1.29 is 22.3 Å². The van der Waals surface area contributed by atoms with Gasteiger partial charge in [-0.2, -0.15) is 12.8 Å². The number of furan rings is 1. The van der Waals surface area contributed by atoms with E-state index < -0.39 is 21.7 Å². The van der Waals surface area contributed by atoms with Gasteiger partial charge in [-0.1, -0.05) is 48.5 Å². The molecule has 1 saturated heterocycles. The second-order valence-electron chi connectivity index (χ2n) is 7.52. The van der Waals surface area contributed by atoms with Gasteiger partial charge in [0, 0.05) is 36.3 Å². The van der Waals surface area contributed by atoms with E-state index in [9.17, 15) is 17.9 Å². The van der Waals surface area contributed by atoms with E-state index >= 15 is 0 Å². The summed E-state index contributed by atoms with van der Waals surface area (Å²) in [6.45, 7) is 1.65. The fourth-order valence-corrected chi connectivity index (χ4v) is 4.82. The van der Waals surface area contributed by atoms with Crippen LogP contribution in [0.5, 0.6) is 0 Å². The molecule has 8 heteroatoms. The van der Waals surface area contributed by atoms with Crippen LogP contribution in [0.2, 0.25) is 0 Å². The van der Waals surface area contributed by atoms with Crippen LogP contribution in [0.25, 0.3) is 22.1 Å². The fourth-order valence-electron chi connectivity index (χ4n) is 3.70. The minimum Gasteiger partial charge on any atom is -0.855 e. The Kier molecular flexibility index (Phi) is 4.94. The van der Waals surface area contributed by atoms with E-state index in [-0.39, 0.29) is 21.6 Å². The van der Waals surface area contributed by atoms with Crippen molar-refractivity contribution in [1.29, 1.82) is 0 Å². The average molecular weight is 449 g/mol. The predicted octanol–water partition coefficient (Wildman–Crippen LogP) is 3.94. The maximum absolute atomic E-state index is 14.5. The second kappa shape index (κ2) is 7.80. The van der Waals surface area contributed by atoms with E-state index in [1.165, 1.54) is 18.2 Å². The van der Waals surface area contributed by atoms with Crippen molar-refractivity contribution in [2.75, 3.05) is 18.0 Å². The third-order valence-electron chi connectivity index (χ3n) is 5.46. The normalized spacial score (nSPS) is 14.5. The van der Waals surface area contributed by atoms with Gasteiger partial charge in [0.25, 0.3) is 10.0 Å². The molecule has 0 spiro atoms. The highest BCUT2D eigenvalue weighted by atomic mass is 32.2. The first-order valence-electron chi connectivity index (χ1n) is 10.1. The minimum absolute atomic E-state index is 0.0955. The molecule has 0 atom stereocenters. The Labute approximate surface area is 184 Å². The van der Waals surface area contributed by atoms with Gasteiger partial charge in [-0.25, -0.2) is 4.39 Å². The molecule has 1 aromatic heterocycles. The lowest BCUT2D eigenvalue weighted by atomic mass is 10.1. The van der Waals surface area contributed by atoms with Crippen LogP contribution >= 0.6 is 0 Å². The summed E-state index contributed by atoms with van der Waals surface area (Å²) < 4.78 is 49.4. The van der Waals surface area contributed by atoms with Crippen molar-refractivity contribution in [2.45, 2.75) is 11.3 Å². The van der Waals surface area contributed by atoms with Gasteiger partial charge in [-0.15, -0.1) is 0 Å². The minimum atomic E-state index is -4.34. The first-order valence-corrected chi connectivity index (χ1v) is 11.5. The van der Waals surface area contributed by atoms with E-state index in [4.69, 9.17) is 4.42 Å². The molecule has 4 aromatic rings. The van der Waals surface area contributed by atoms with Crippen LogP contribution in [-0.4, -0.2) is 27.4 Å². The Bertz CT molecular complexity index is 1440. The number of benzene rings is 3. The number of anilines is 1. The molecule has 32 heavy (non-hydrogen) atoms. The molecule has 0 aliphatic carbocycles. The topological polar surface area (TPSA) is 85.9 Å². The third-order valence-corrected chi connectivity index (χ3v) is 6.77. The van der Waals surface area contributed by atoms with E-state index in [1.54, 1.807) is 48.5 Å². The van der Waals surface area contributed by atoms with Gasteiger partial charge < -0.3 is 14.4 Å². The molecule has 3 aromatic carbocycles. The second-order valence-corrected chi connectivity index (χ2v) is 9.10. The number of hydrogen-bond acceptors (Lipinski definition) is 5. The Morgan fingerprint density at radius 2 is 1.72 bits per heavy atom. The molecule has 1 aliphatic rings. The highest BCUT2D eigenvalue weighted by molar-refractivity contribution is 7.90. The van der Waals surface area contributed by atoms with Gasteiger partial charge in [-0.05, 0) is 30.2 Å². The summed E-state index contributed by atoms with van der Waals surface area (Å²) >= 11 is 0. The zero-order valence-electron chi connectivity index (χ0n) is 16.9. The summed E-state index contributed by atoms with van der Waals surface area (Å²) in [5, 5.41) is 12.8. The highest BCUT2D eigenvalue weighted by Gasteiger charge is 2.21. The van der Waals surface area contributed by atoms with Gasteiger partial charge in [0.15, 0.2) is 0 Å². The molecule has 0 unspecified atom stereocenters. The van der Waals surface area contributed by atoms with Crippen LogP contribution in [0, 0.1) is 5.82 Å². The van der Waals surface area contributed by atoms with E-state index in [0.29, 0.717) is 16.8 Å². The Morgan fingerprint density at radius 1 is 1.00 bits per heavy atom. The SMILES string of the molecule is O=S(=O)(/N=C(\[O-])c1cc2c(F)cc(N3CCC3)cc2o1)c1ccccc1-c1ccccc1.